The summed E-state index contributed by atoms with van der Waals surface area (Å²) in [6.45, 7) is 0.543. The van der Waals surface area contributed by atoms with Crippen LogP contribution >= 0.6 is 0 Å². The number of hydrogen-bond acceptors (Lipinski definition) is 2. The molecule has 1 rings (SSSR count). The zero-order chi connectivity index (χ0) is 11.1. The molecule has 0 fully saturated rings. The van der Waals surface area contributed by atoms with E-state index in [9.17, 15) is 4.79 Å². The van der Waals surface area contributed by atoms with Gasteiger partial charge in [-0.05, 0) is 17.7 Å². The van der Waals surface area contributed by atoms with Crippen LogP contribution in [-0.4, -0.2) is 17.6 Å². The number of hydrogen-bond donors (Lipinski definition) is 2. The third kappa shape index (κ3) is 4.30. The molecule has 0 spiro atoms. The fourth-order valence-electron chi connectivity index (χ4n) is 1.17. The second-order valence-corrected chi connectivity index (χ2v) is 3.11. The van der Waals surface area contributed by atoms with Crippen molar-refractivity contribution in [1.29, 1.82) is 0 Å². The van der Waals surface area contributed by atoms with E-state index >= 15 is 0 Å². The van der Waals surface area contributed by atoms with Crippen LogP contribution in [0.25, 0.3) is 0 Å². The van der Waals surface area contributed by atoms with Gasteiger partial charge < -0.3 is 10.8 Å². The Morgan fingerprint density at radius 3 is 2.93 bits per heavy atom. The molecule has 0 amide bonds. The van der Waals surface area contributed by atoms with Crippen LogP contribution in [0.15, 0.2) is 24.3 Å². The first-order valence-corrected chi connectivity index (χ1v) is 4.72. The standard InChI is InChI=1S/C12H13NO2/c13-7-2-1-4-10-5-3-6-11(8-10)9-12(14)15/h3,5-6,8H,2,7,9,13H2,(H,14,15). The van der Waals surface area contributed by atoms with Crippen molar-refractivity contribution < 1.29 is 9.90 Å². The molecule has 0 aromatic heterocycles. The molecule has 0 aliphatic rings. The van der Waals surface area contributed by atoms with Crippen molar-refractivity contribution in [3.05, 3.63) is 35.4 Å². The zero-order valence-corrected chi connectivity index (χ0v) is 8.36. The highest BCUT2D eigenvalue weighted by Gasteiger charge is 1.99. The monoisotopic (exact) mass is 203 g/mol. The van der Waals surface area contributed by atoms with Crippen LogP contribution in [0, 0.1) is 11.8 Å². The third-order valence-electron chi connectivity index (χ3n) is 1.78. The summed E-state index contributed by atoms with van der Waals surface area (Å²) in [6, 6.07) is 7.24. The molecule has 1 aromatic carbocycles. The molecule has 1 aromatic rings. The molecule has 0 atom stereocenters. The number of aliphatic carboxylic acids is 1. The lowest BCUT2D eigenvalue weighted by atomic mass is 10.1. The van der Waals surface area contributed by atoms with Gasteiger partial charge in [0, 0.05) is 18.5 Å². The Balaban J connectivity index is 2.75. The van der Waals surface area contributed by atoms with E-state index in [4.69, 9.17) is 10.8 Å². The van der Waals surface area contributed by atoms with Gasteiger partial charge in [-0.1, -0.05) is 24.0 Å². The molecular formula is C12H13NO2. The molecule has 0 aliphatic carbocycles. The van der Waals surface area contributed by atoms with Gasteiger partial charge in [-0.15, -0.1) is 0 Å². The smallest absolute Gasteiger partial charge is 0.307 e. The lowest BCUT2D eigenvalue weighted by Gasteiger charge is -1.97. The van der Waals surface area contributed by atoms with Gasteiger partial charge in [0.05, 0.1) is 6.42 Å². The van der Waals surface area contributed by atoms with E-state index in [1.807, 2.05) is 12.1 Å². The first-order chi connectivity index (χ1) is 7.22. The largest absolute Gasteiger partial charge is 0.481 e. The van der Waals surface area contributed by atoms with Gasteiger partial charge in [0.15, 0.2) is 0 Å². The third-order valence-corrected chi connectivity index (χ3v) is 1.78. The number of nitrogens with two attached hydrogens (primary N) is 1. The molecule has 0 aliphatic heterocycles. The Morgan fingerprint density at radius 2 is 2.27 bits per heavy atom. The number of rotatable bonds is 3. The molecule has 3 heteroatoms. The summed E-state index contributed by atoms with van der Waals surface area (Å²) < 4.78 is 0. The van der Waals surface area contributed by atoms with Crippen LogP contribution in [0.1, 0.15) is 17.5 Å². The molecule has 78 valence electrons. The molecule has 0 unspecified atom stereocenters. The summed E-state index contributed by atoms with van der Waals surface area (Å²) in [6.07, 6.45) is 0.690. The summed E-state index contributed by atoms with van der Waals surface area (Å²) >= 11 is 0. The maximum Gasteiger partial charge on any atom is 0.307 e. The predicted molar refractivity (Wildman–Crippen MR) is 58.3 cm³/mol. The first-order valence-electron chi connectivity index (χ1n) is 4.72. The topological polar surface area (TPSA) is 63.3 Å². The van der Waals surface area contributed by atoms with Gasteiger partial charge in [0.25, 0.3) is 0 Å². The Bertz CT molecular complexity index is 402. The van der Waals surface area contributed by atoms with Crippen molar-refractivity contribution in [2.45, 2.75) is 12.8 Å². The quantitative estimate of drug-likeness (QED) is 0.721. The lowest BCUT2D eigenvalue weighted by Crippen LogP contribution is -1.99. The van der Waals surface area contributed by atoms with E-state index in [-0.39, 0.29) is 6.42 Å². The number of benzene rings is 1. The average molecular weight is 203 g/mol. The van der Waals surface area contributed by atoms with Crippen molar-refractivity contribution in [3.8, 4) is 11.8 Å². The van der Waals surface area contributed by atoms with Crippen molar-refractivity contribution in [2.75, 3.05) is 6.54 Å². The predicted octanol–water partition coefficient (Wildman–Crippen LogP) is 1.01. The number of carboxylic acid groups (broad SMARTS) is 1. The van der Waals surface area contributed by atoms with Crippen molar-refractivity contribution in [3.63, 3.8) is 0 Å². The van der Waals surface area contributed by atoms with Gasteiger partial charge in [-0.3, -0.25) is 4.79 Å². The van der Waals surface area contributed by atoms with Crippen LogP contribution in [0.4, 0.5) is 0 Å². The summed E-state index contributed by atoms with van der Waals surface area (Å²) in [5, 5.41) is 8.62. The van der Waals surface area contributed by atoms with Crippen LogP contribution in [0.2, 0.25) is 0 Å². The maximum absolute atomic E-state index is 10.5. The van der Waals surface area contributed by atoms with Gasteiger partial charge in [-0.25, -0.2) is 0 Å². The van der Waals surface area contributed by atoms with Crippen LogP contribution in [0.3, 0.4) is 0 Å². The Morgan fingerprint density at radius 1 is 1.47 bits per heavy atom. The summed E-state index contributed by atoms with van der Waals surface area (Å²) in [5.41, 5.74) is 6.91. The number of carboxylic acids is 1. The Kier molecular flexibility index (Phi) is 4.39. The lowest BCUT2D eigenvalue weighted by molar-refractivity contribution is -0.136. The molecule has 3 N–H and O–H groups in total. The molecule has 0 bridgehead atoms. The fraction of sp³-hybridized carbons (Fsp3) is 0.250. The van der Waals surface area contributed by atoms with E-state index in [0.717, 1.165) is 11.1 Å². The van der Waals surface area contributed by atoms with Gasteiger partial charge >= 0.3 is 5.97 Å². The van der Waals surface area contributed by atoms with Crippen LogP contribution in [-0.2, 0) is 11.2 Å². The van der Waals surface area contributed by atoms with E-state index < -0.39 is 5.97 Å². The SMILES string of the molecule is NCCC#Cc1cccc(CC(=O)O)c1. The molecule has 0 heterocycles. The highest BCUT2D eigenvalue weighted by molar-refractivity contribution is 5.70. The highest BCUT2D eigenvalue weighted by Crippen LogP contribution is 2.04. The van der Waals surface area contributed by atoms with Gasteiger partial charge in [-0.2, -0.15) is 0 Å². The maximum atomic E-state index is 10.5. The molecule has 15 heavy (non-hydrogen) atoms. The Hall–Kier alpha value is -1.79. The highest BCUT2D eigenvalue weighted by atomic mass is 16.4. The fourth-order valence-corrected chi connectivity index (χ4v) is 1.17. The first kappa shape index (κ1) is 11.3. The molecular weight excluding hydrogens is 190 g/mol. The van der Waals surface area contributed by atoms with E-state index in [1.165, 1.54) is 0 Å². The molecule has 0 saturated heterocycles. The number of carbonyl (C=O) groups is 1. The molecule has 3 nitrogen and oxygen atoms in total. The van der Waals surface area contributed by atoms with Crippen molar-refractivity contribution >= 4 is 5.97 Å². The van der Waals surface area contributed by atoms with Crippen molar-refractivity contribution in [2.24, 2.45) is 5.73 Å². The van der Waals surface area contributed by atoms with E-state index in [0.29, 0.717) is 13.0 Å². The summed E-state index contributed by atoms with van der Waals surface area (Å²) in [4.78, 5) is 10.5. The van der Waals surface area contributed by atoms with Gasteiger partial charge in [0.1, 0.15) is 0 Å². The minimum Gasteiger partial charge on any atom is -0.481 e. The van der Waals surface area contributed by atoms with E-state index in [2.05, 4.69) is 11.8 Å². The molecule has 0 saturated carbocycles. The molecule has 0 radical (unpaired) electrons. The summed E-state index contributed by atoms with van der Waals surface area (Å²) in [7, 11) is 0. The second kappa shape index (κ2) is 5.84. The van der Waals surface area contributed by atoms with Crippen LogP contribution in [0.5, 0.6) is 0 Å². The minimum atomic E-state index is -0.831. The normalized spacial score (nSPS) is 9.13. The van der Waals surface area contributed by atoms with Gasteiger partial charge in [0.2, 0.25) is 0 Å². The minimum absolute atomic E-state index is 0.0341. The van der Waals surface area contributed by atoms with Crippen molar-refractivity contribution in [1.82, 2.24) is 0 Å². The zero-order valence-electron chi connectivity index (χ0n) is 8.36. The van der Waals surface area contributed by atoms with E-state index in [1.54, 1.807) is 12.1 Å². The summed E-state index contributed by atoms with van der Waals surface area (Å²) in [5.74, 6) is 5.01. The Labute approximate surface area is 88.9 Å². The van der Waals surface area contributed by atoms with Crippen LogP contribution < -0.4 is 5.73 Å². The average Bonchev–Trinajstić information content (AvgIpc) is 2.18. The second-order valence-electron chi connectivity index (χ2n) is 3.11.